The standard InChI is InChI=1S/C9H12N4O2S3/c1-13(5-4-7-3-2-6-16-7)18(14,15)9-12-11-8(10)17-9/h2-3,6H,4-5H2,1H3,(H2,10,11). The van der Waals surface area contributed by atoms with Gasteiger partial charge in [0.15, 0.2) is 0 Å². The minimum absolute atomic E-state index is 0.0614. The third-order valence-electron chi connectivity index (χ3n) is 2.31. The summed E-state index contributed by atoms with van der Waals surface area (Å²) in [6.45, 7) is 0.405. The molecule has 2 rings (SSSR count). The van der Waals surface area contributed by atoms with Gasteiger partial charge in [-0.1, -0.05) is 17.4 Å². The Morgan fingerprint density at radius 3 is 2.78 bits per heavy atom. The molecule has 0 radical (unpaired) electrons. The molecular weight excluding hydrogens is 292 g/mol. The lowest BCUT2D eigenvalue weighted by atomic mass is 10.3. The van der Waals surface area contributed by atoms with E-state index in [4.69, 9.17) is 5.73 Å². The van der Waals surface area contributed by atoms with Crippen LogP contribution in [0.3, 0.4) is 0 Å². The van der Waals surface area contributed by atoms with E-state index in [1.807, 2.05) is 17.5 Å². The van der Waals surface area contributed by atoms with Gasteiger partial charge in [0.2, 0.25) is 9.47 Å². The number of rotatable bonds is 5. The molecule has 0 aromatic carbocycles. The lowest BCUT2D eigenvalue weighted by Gasteiger charge is -2.13. The third-order valence-corrected chi connectivity index (χ3v) is 6.20. The van der Waals surface area contributed by atoms with Crippen molar-refractivity contribution in [2.24, 2.45) is 0 Å². The molecule has 0 unspecified atom stereocenters. The highest BCUT2D eigenvalue weighted by molar-refractivity contribution is 7.91. The maximum absolute atomic E-state index is 12.1. The van der Waals surface area contributed by atoms with Crippen LogP contribution in [0.25, 0.3) is 0 Å². The van der Waals surface area contributed by atoms with Gasteiger partial charge in [-0.3, -0.25) is 0 Å². The van der Waals surface area contributed by atoms with Crippen LogP contribution in [0, 0.1) is 0 Å². The minimum Gasteiger partial charge on any atom is -0.374 e. The van der Waals surface area contributed by atoms with Gasteiger partial charge < -0.3 is 5.73 Å². The van der Waals surface area contributed by atoms with E-state index in [0.29, 0.717) is 13.0 Å². The smallest absolute Gasteiger partial charge is 0.272 e. The summed E-state index contributed by atoms with van der Waals surface area (Å²) in [5, 5.41) is 9.21. The molecule has 0 aliphatic rings. The summed E-state index contributed by atoms with van der Waals surface area (Å²) in [7, 11) is -2.04. The monoisotopic (exact) mass is 304 g/mol. The number of hydrogen-bond acceptors (Lipinski definition) is 7. The number of nitrogen functional groups attached to an aromatic ring is 1. The molecule has 2 N–H and O–H groups in total. The summed E-state index contributed by atoms with van der Waals surface area (Å²) in [4.78, 5) is 1.15. The van der Waals surface area contributed by atoms with E-state index in [1.54, 1.807) is 11.3 Å². The molecule has 0 saturated carbocycles. The van der Waals surface area contributed by atoms with Crippen molar-refractivity contribution in [3.63, 3.8) is 0 Å². The SMILES string of the molecule is CN(CCc1cccs1)S(=O)(=O)c1nnc(N)s1. The fourth-order valence-corrected chi connectivity index (χ4v) is 4.14. The van der Waals surface area contributed by atoms with Crippen LogP contribution < -0.4 is 5.73 Å². The first kappa shape index (κ1) is 13.4. The van der Waals surface area contributed by atoms with E-state index in [1.165, 1.54) is 11.4 Å². The van der Waals surface area contributed by atoms with Crippen molar-refractivity contribution in [1.82, 2.24) is 14.5 Å². The lowest BCUT2D eigenvalue weighted by Crippen LogP contribution is -2.28. The normalized spacial score (nSPS) is 12.1. The number of thiophene rings is 1. The van der Waals surface area contributed by atoms with Gasteiger partial charge in [-0.05, 0) is 17.9 Å². The van der Waals surface area contributed by atoms with Gasteiger partial charge in [-0.15, -0.1) is 21.5 Å². The Kier molecular flexibility index (Phi) is 3.95. The average molecular weight is 304 g/mol. The highest BCUT2D eigenvalue weighted by Crippen LogP contribution is 2.20. The highest BCUT2D eigenvalue weighted by Gasteiger charge is 2.24. The van der Waals surface area contributed by atoms with Crippen molar-refractivity contribution in [2.75, 3.05) is 19.3 Å². The Balaban J connectivity index is 2.06. The topological polar surface area (TPSA) is 89.2 Å². The average Bonchev–Trinajstić information content (AvgIpc) is 2.96. The van der Waals surface area contributed by atoms with Crippen molar-refractivity contribution in [1.29, 1.82) is 0 Å². The molecule has 0 aliphatic carbocycles. The zero-order valence-electron chi connectivity index (χ0n) is 9.61. The first-order chi connectivity index (χ1) is 8.50. The van der Waals surface area contributed by atoms with Gasteiger partial charge in [-0.25, -0.2) is 8.42 Å². The van der Waals surface area contributed by atoms with Crippen LogP contribution in [-0.4, -0.2) is 36.5 Å². The van der Waals surface area contributed by atoms with Crippen molar-refractivity contribution in [2.45, 2.75) is 10.8 Å². The maximum atomic E-state index is 12.1. The zero-order chi connectivity index (χ0) is 13.2. The molecule has 0 bridgehead atoms. The number of aromatic nitrogens is 2. The molecule has 2 heterocycles. The van der Waals surface area contributed by atoms with Crippen molar-refractivity contribution >= 4 is 37.8 Å². The molecule has 2 aromatic heterocycles. The van der Waals surface area contributed by atoms with Crippen molar-refractivity contribution in [3.05, 3.63) is 22.4 Å². The molecule has 0 aliphatic heterocycles. The Labute approximate surface area is 113 Å². The number of nitrogens with zero attached hydrogens (tertiary/aromatic N) is 3. The fraction of sp³-hybridized carbons (Fsp3) is 0.333. The van der Waals surface area contributed by atoms with E-state index < -0.39 is 10.0 Å². The first-order valence-corrected chi connectivity index (χ1v) is 8.21. The Bertz CT molecular complexity index is 606. The number of anilines is 1. The Morgan fingerprint density at radius 1 is 1.44 bits per heavy atom. The van der Waals surface area contributed by atoms with E-state index in [9.17, 15) is 8.42 Å². The molecule has 0 amide bonds. The molecule has 0 spiro atoms. The van der Waals surface area contributed by atoms with Gasteiger partial charge >= 0.3 is 0 Å². The predicted molar refractivity (Wildman–Crippen MR) is 72.2 cm³/mol. The van der Waals surface area contributed by atoms with Crippen LogP contribution in [0.2, 0.25) is 0 Å². The molecule has 18 heavy (non-hydrogen) atoms. The fourth-order valence-electron chi connectivity index (χ4n) is 1.30. The molecule has 0 saturated heterocycles. The molecule has 6 nitrogen and oxygen atoms in total. The molecule has 0 fully saturated rings. The molecular formula is C9H12N4O2S3. The van der Waals surface area contributed by atoms with Gasteiger partial charge in [0.25, 0.3) is 10.0 Å². The Morgan fingerprint density at radius 2 is 2.22 bits per heavy atom. The van der Waals surface area contributed by atoms with Crippen LogP contribution in [0.1, 0.15) is 4.88 Å². The second-order valence-electron chi connectivity index (χ2n) is 3.56. The van der Waals surface area contributed by atoms with E-state index in [2.05, 4.69) is 10.2 Å². The summed E-state index contributed by atoms with van der Waals surface area (Å²) < 4.78 is 25.4. The Hall–Kier alpha value is -1.03. The van der Waals surface area contributed by atoms with Gasteiger partial charge in [0.05, 0.1) is 0 Å². The third kappa shape index (κ3) is 2.86. The van der Waals surface area contributed by atoms with Crippen LogP contribution in [-0.2, 0) is 16.4 Å². The summed E-state index contributed by atoms with van der Waals surface area (Å²) >= 11 is 2.48. The number of nitrogens with two attached hydrogens (primary N) is 1. The molecule has 0 atom stereocenters. The lowest BCUT2D eigenvalue weighted by molar-refractivity contribution is 0.472. The first-order valence-electron chi connectivity index (χ1n) is 5.08. The summed E-state index contributed by atoms with van der Waals surface area (Å²) in [6.07, 6.45) is 0.682. The number of sulfonamides is 1. The summed E-state index contributed by atoms with van der Waals surface area (Å²) in [5.74, 6) is 0. The number of hydrogen-bond donors (Lipinski definition) is 1. The quantitative estimate of drug-likeness (QED) is 0.891. The summed E-state index contributed by atoms with van der Waals surface area (Å²) in [6, 6.07) is 3.92. The highest BCUT2D eigenvalue weighted by atomic mass is 32.2. The maximum Gasteiger partial charge on any atom is 0.272 e. The second-order valence-corrected chi connectivity index (χ2v) is 7.82. The van der Waals surface area contributed by atoms with Gasteiger partial charge in [0, 0.05) is 18.5 Å². The largest absolute Gasteiger partial charge is 0.374 e. The van der Waals surface area contributed by atoms with Crippen molar-refractivity contribution < 1.29 is 8.42 Å². The van der Waals surface area contributed by atoms with E-state index in [-0.39, 0.29) is 9.47 Å². The van der Waals surface area contributed by atoms with Crippen molar-refractivity contribution in [3.8, 4) is 0 Å². The van der Waals surface area contributed by atoms with Gasteiger partial charge in [0.1, 0.15) is 0 Å². The second kappa shape index (κ2) is 5.31. The van der Waals surface area contributed by atoms with E-state index >= 15 is 0 Å². The van der Waals surface area contributed by atoms with Crippen LogP contribution in [0.5, 0.6) is 0 Å². The zero-order valence-corrected chi connectivity index (χ0v) is 12.1. The molecule has 2 aromatic rings. The number of likely N-dealkylation sites (N-methyl/N-ethyl adjacent to an activating group) is 1. The predicted octanol–water partition coefficient (Wildman–Crippen LogP) is 1.05. The molecule has 9 heteroatoms. The van der Waals surface area contributed by atoms with Crippen LogP contribution in [0.4, 0.5) is 5.13 Å². The van der Waals surface area contributed by atoms with Crippen LogP contribution >= 0.6 is 22.7 Å². The molecule has 98 valence electrons. The minimum atomic E-state index is -3.57. The summed E-state index contributed by atoms with van der Waals surface area (Å²) in [5.41, 5.74) is 5.39. The van der Waals surface area contributed by atoms with E-state index in [0.717, 1.165) is 16.2 Å². The van der Waals surface area contributed by atoms with Gasteiger partial charge in [-0.2, -0.15) is 4.31 Å². The van der Waals surface area contributed by atoms with Crippen LogP contribution in [0.15, 0.2) is 21.9 Å².